The fourth-order valence-corrected chi connectivity index (χ4v) is 2.28. The lowest BCUT2D eigenvalue weighted by Crippen LogP contribution is -2.19. The van der Waals surface area contributed by atoms with E-state index in [1.54, 1.807) is 4.68 Å². The van der Waals surface area contributed by atoms with Crippen molar-refractivity contribution < 1.29 is 4.79 Å². The third-order valence-corrected chi connectivity index (χ3v) is 3.24. The predicted octanol–water partition coefficient (Wildman–Crippen LogP) is 1.55. The molecule has 0 saturated heterocycles. The quantitative estimate of drug-likeness (QED) is 0.797. The van der Waals surface area contributed by atoms with Crippen molar-refractivity contribution in [3.05, 3.63) is 29.8 Å². The van der Waals surface area contributed by atoms with Crippen LogP contribution in [0.4, 0.5) is 11.5 Å². The summed E-state index contributed by atoms with van der Waals surface area (Å²) in [4.78, 5) is 11.4. The molecule has 1 aliphatic heterocycles. The Bertz CT molecular complexity index is 610. The Labute approximate surface area is 105 Å². The van der Waals surface area contributed by atoms with Gasteiger partial charge in [0.15, 0.2) is 0 Å². The van der Waals surface area contributed by atoms with Crippen LogP contribution in [-0.4, -0.2) is 15.7 Å². The molecule has 92 valence electrons. The third-order valence-electron chi connectivity index (χ3n) is 3.24. The molecule has 3 rings (SSSR count). The van der Waals surface area contributed by atoms with E-state index in [1.165, 1.54) is 0 Å². The number of nitrogens with one attached hydrogen (secondary N) is 1. The number of nitrogens with zero attached hydrogens (tertiary/aromatic N) is 2. The molecule has 2 aromatic rings. The maximum absolute atomic E-state index is 11.4. The van der Waals surface area contributed by atoms with E-state index < -0.39 is 0 Å². The van der Waals surface area contributed by atoms with Crippen molar-refractivity contribution in [2.24, 2.45) is 7.05 Å². The summed E-state index contributed by atoms with van der Waals surface area (Å²) in [5.41, 5.74) is 9.72. The molecule has 0 saturated carbocycles. The van der Waals surface area contributed by atoms with Gasteiger partial charge in [-0.3, -0.25) is 9.48 Å². The number of aromatic nitrogens is 2. The Balaban J connectivity index is 2.13. The maximum Gasteiger partial charge on any atom is 0.224 e. The molecule has 1 aliphatic rings. The molecule has 0 atom stereocenters. The Morgan fingerprint density at radius 3 is 2.94 bits per heavy atom. The minimum Gasteiger partial charge on any atom is -0.384 e. The zero-order valence-electron chi connectivity index (χ0n) is 10.1. The molecule has 2 heterocycles. The van der Waals surface area contributed by atoms with Crippen LogP contribution in [0.3, 0.4) is 0 Å². The molecule has 1 amide bonds. The van der Waals surface area contributed by atoms with Gasteiger partial charge in [0.05, 0.1) is 5.69 Å². The lowest BCUT2D eigenvalue weighted by atomic mass is 9.95. The second-order valence-electron chi connectivity index (χ2n) is 4.46. The molecule has 5 heteroatoms. The van der Waals surface area contributed by atoms with Crippen LogP contribution in [0.2, 0.25) is 0 Å². The van der Waals surface area contributed by atoms with Gasteiger partial charge in [-0.15, -0.1) is 0 Å². The molecule has 1 aromatic heterocycles. The summed E-state index contributed by atoms with van der Waals surface area (Å²) in [5, 5.41) is 7.27. The average molecular weight is 242 g/mol. The molecule has 0 bridgehead atoms. The van der Waals surface area contributed by atoms with E-state index in [9.17, 15) is 4.79 Å². The summed E-state index contributed by atoms with van der Waals surface area (Å²) in [5.74, 6) is 0.697. The number of rotatable bonds is 1. The summed E-state index contributed by atoms with van der Waals surface area (Å²) in [6.07, 6.45) is 1.26. The number of fused-ring (bicyclic) bond motifs is 1. The van der Waals surface area contributed by atoms with Gasteiger partial charge in [0.25, 0.3) is 0 Å². The highest BCUT2D eigenvalue weighted by Crippen LogP contribution is 2.32. The highest BCUT2D eigenvalue weighted by atomic mass is 16.1. The summed E-state index contributed by atoms with van der Waals surface area (Å²) in [6.45, 7) is 0. The van der Waals surface area contributed by atoms with Crippen molar-refractivity contribution in [2.45, 2.75) is 12.8 Å². The topological polar surface area (TPSA) is 72.9 Å². The Hall–Kier alpha value is -2.30. The number of hydrogen-bond acceptors (Lipinski definition) is 3. The number of nitrogens with two attached hydrogens (primary N) is 1. The van der Waals surface area contributed by atoms with E-state index in [0.29, 0.717) is 12.2 Å². The van der Waals surface area contributed by atoms with Crippen LogP contribution in [0.5, 0.6) is 0 Å². The second kappa shape index (κ2) is 3.87. The Morgan fingerprint density at radius 2 is 2.22 bits per heavy atom. The summed E-state index contributed by atoms with van der Waals surface area (Å²) in [6, 6.07) is 7.71. The zero-order chi connectivity index (χ0) is 12.7. The molecule has 0 aliphatic carbocycles. The van der Waals surface area contributed by atoms with E-state index in [-0.39, 0.29) is 5.91 Å². The van der Waals surface area contributed by atoms with Crippen molar-refractivity contribution in [3.8, 4) is 11.3 Å². The van der Waals surface area contributed by atoms with E-state index in [0.717, 1.165) is 28.9 Å². The largest absolute Gasteiger partial charge is 0.384 e. The van der Waals surface area contributed by atoms with Crippen LogP contribution in [-0.2, 0) is 18.3 Å². The van der Waals surface area contributed by atoms with E-state index in [1.807, 2.05) is 31.3 Å². The molecule has 0 fully saturated rings. The Kier molecular flexibility index (Phi) is 2.33. The zero-order valence-corrected chi connectivity index (χ0v) is 10.1. The molecular weight excluding hydrogens is 228 g/mol. The Morgan fingerprint density at radius 1 is 1.39 bits per heavy atom. The number of aryl methyl sites for hydroxylation is 1. The van der Waals surface area contributed by atoms with E-state index in [4.69, 9.17) is 5.73 Å². The van der Waals surface area contributed by atoms with E-state index >= 15 is 0 Å². The minimum absolute atomic E-state index is 0.0696. The standard InChI is InChI=1S/C13H14N4O/c1-17-12(14)7-11(16-17)8-3-2-4-10-9(8)5-6-13(18)15-10/h2-4,7H,5-6,14H2,1H3,(H,15,18). The minimum atomic E-state index is 0.0696. The first-order valence-corrected chi connectivity index (χ1v) is 5.87. The SMILES string of the molecule is Cn1nc(-c2cccc3c2CCC(=O)N3)cc1N. The summed E-state index contributed by atoms with van der Waals surface area (Å²) in [7, 11) is 1.82. The fourth-order valence-electron chi connectivity index (χ4n) is 2.28. The van der Waals surface area contributed by atoms with E-state index in [2.05, 4.69) is 10.4 Å². The van der Waals surface area contributed by atoms with Gasteiger partial charge < -0.3 is 11.1 Å². The summed E-state index contributed by atoms with van der Waals surface area (Å²) < 4.78 is 1.65. The van der Waals surface area contributed by atoms with Crippen LogP contribution in [0.15, 0.2) is 24.3 Å². The molecule has 3 N–H and O–H groups in total. The van der Waals surface area contributed by atoms with Gasteiger partial charge in [-0.05, 0) is 18.1 Å². The molecule has 18 heavy (non-hydrogen) atoms. The van der Waals surface area contributed by atoms with Crippen molar-refractivity contribution in [2.75, 3.05) is 11.1 Å². The number of benzene rings is 1. The maximum atomic E-state index is 11.4. The second-order valence-corrected chi connectivity index (χ2v) is 4.46. The lowest BCUT2D eigenvalue weighted by Gasteiger charge is -2.19. The number of amides is 1. The first kappa shape index (κ1) is 10.8. The number of anilines is 2. The molecule has 0 spiro atoms. The highest BCUT2D eigenvalue weighted by Gasteiger charge is 2.19. The van der Waals surface area contributed by atoms with Gasteiger partial charge in [0.1, 0.15) is 5.82 Å². The van der Waals surface area contributed by atoms with Crippen molar-refractivity contribution >= 4 is 17.4 Å². The number of carbonyl (C=O) groups excluding carboxylic acids is 1. The predicted molar refractivity (Wildman–Crippen MR) is 70.0 cm³/mol. The number of hydrogen-bond donors (Lipinski definition) is 2. The van der Waals surface area contributed by atoms with Gasteiger partial charge in [-0.1, -0.05) is 12.1 Å². The molecule has 0 radical (unpaired) electrons. The first-order chi connectivity index (χ1) is 8.65. The van der Waals surface area contributed by atoms with Gasteiger partial charge in [-0.25, -0.2) is 0 Å². The third kappa shape index (κ3) is 1.64. The molecule has 0 unspecified atom stereocenters. The smallest absolute Gasteiger partial charge is 0.224 e. The van der Waals surface area contributed by atoms with Crippen molar-refractivity contribution in [3.63, 3.8) is 0 Å². The van der Waals surface area contributed by atoms with Crippen LogP contribution in [0, 0.1) is 0 Å². The van der Waals surface area contributed by atoms with Crippen LogP contribution in [0.1, 0.15) is 12.0 Å². The number of carbonyl (C=O) groups is 1. The van der Waals surface area contributed by atoms with Crippen LogP contribution >= 0.6 is 0 Å². The monoisotopic (exact) mass is 242 g/mol. The van der Waals surface area contributed by atoms with Gasteiger partial charge >= 0.3 is 0 Å². The molecule has 5 nitrogen and oxygen atoms in total. The lowest BCUT2D eigenvalue weighted by molar-refractivity contribution is -0.116. The molecule has 1 aromatic carbocycles. The van der Waals surface area contributed by atoms with Gasteiger partial charge in [-0.2, -0.15) is 5.10 Å². The fraction of sp³-hybridized carbons (Fsp3) is 0.231. The van der Waals surface area contributed by atoms with Crippen LogP contribution in [0.25, 0.3) is 11.3 Å². The molecular formula is C13H14N4O. The number of nitrogen functional groups attached to an aromatic ring is 1. The van der Waals surface area contributed by atoms with Gasteiger partial charge in [0, 0.05) is 30.8 Å². The van der Waals surface area contributed by atoms with Crippen molar-refractivity contribution in [1.82, 2.24) is 9.78 Å². The summed E-state index contributed by atoms with van der Waals surface area (Å²) >= 11 is 0. The first-order valence-electron chi connectivity index (χ1n) is 5.87. The van der Waals surface area contributed by atoms with Crippen molar-refractivity contribution in [1.29, 1.82) is 0 Å². The van der Waals surface area contributed by atoms with Gasteiger partial charge in [0.2, 0.25) is 5.91 Å². The normalized spacial score (nSPS) is 14.2. The average Bonchev–Trinajstić information content (AvgIpc) is 2.68. The highest BCUT2D eigenvalue weighted by molar-refractivity contribution is 5.95. The van der Waals surface area contributed by atoms with Crippen LogP contribution < -0.4 is 11.1 Å².